The van der Waals surface area contributed by atoms with Crippen LogP contribution in [0.2, 0.25) is 5.02 Å². The lowest BCUT2D eigenvalue weighted by atomic mass is 10.1. The summed E-state index contributed by atoms with van der Waals surface area (Å²) in [6.45, 7) is 3.28. The number of anilines is 2. The monoisotopic (exact) mass is 397 g/mol. The molecule has 138 valence electrons. The number of carbonyl (C=O) groups is 3. The quantitative estimate of drug-likeness (QED) is 0.725. The van der Waals surface area contributed by atoms with Gasteiger partial charge in [0.1, 0.15) is 10.6 Å². The molecule has 0 saturated heterocycles. The molecule has 8 nitrogen and oxygen atoms in total. The first-order valence-electron chi connectivity index (χ1n) is 7.45. The molecule has 0 saturated carbocycles. The van der Waals surface area contributed by atoms with Crippen LogP contribution in [0.4, 0.5) is 10.8 Å². The van der Waals surface area contributed by atoms with Gasteiger partial charge in [-0.15, -0.1) is 0 Å². The van der Waals surface area contributed by atoms with Crippen molar-refractivity contribution in [3.63, 3.8) is 0 Å². The standard InChI is InChI=1S/C16H16ClN3O5S/c1-4-25-15(23)13-7-18-16(26-13)20-14(22)9-5-10(17)11(19-8(2)21)6-12(9)24-3/h5-7H,4H2,1-3H3,(H,19,21)(H,18,20,22). The van der Waals surface area contributed by atoms with Crippen molar-refractivity contribution < 1.29 is 23.9 Å². The van der Waals surface area contributed by atoms with Gasteiger partial charge in [-0.3, -0.25) is 14.9 Å². The van der Waals surface area contributed by atoms with Crippen molar-refractivity contribution in [3.8, 4) is 5.75 Å². The minimum absolute atomic E-state index is 0.152. The van der Waals surface area contributed by atoms with Crippen molar-refractivity contribution in [2.75, 3.05) is 24.4 Å². The molecule has 0 spiro atoms. The molecule has 0 aliphatic carbocycles. The van der Waals surface area contributed by atoms with Crippen LogP contribution in [-0.4, -0.2) is 36.5 Å². The van der Waals surface area contributed by atoms with Crippen LogP contribution in [0, 0.1) is 0 Å². The summed E-state index contributed by atoms with van der Waals surface area (Å²) in [5.74, 6) is -1.12. The number of nitrogens with one attached hydrogen (secondary N) is 2. The van der Waals surface area contributed by atoms with Gasteiger partial charge in [-0.05, 0) is 13.0 Å². The summed E-state index contributed by atoms with van der Waals surface area (Å²) < 4.78 is 10.1. The molecular formula is C16H16ClN3O5S. The normalized spacial score (nSPS) is 10.2. The predicted molar refractivity (Wildman–Crippen MR) is 98.3 cm³/mol. The first-order valence-corrected chi connectivity index (χ1v) is 8.64. The van der Waals surface area contributed by atoms with Gasteiger partial charge < -0.3 is 14.8 Å². The van der Waals surface area contributed by atoms with E-state index in [9.17, 15) is 14.4 Å². The van der Waals surface area contributed by atoms with E-state index in [1.54, 1.807) is 6.92 Å². The van der Waals surface area contributed by atoms with Gasteiger partial charge in [-0.2, -0.15) is 0 Å². The third-order valence-corrected chi connectivity index (χ3v) is 4.25. The second-order valence-electron chi connectivity index (χ2n) is 4.92. The van der Waals surface area contributed by atoms with Crippen molar-refractivity contribution in [1.29, 1.82) is 0 Å². The molecule has 1 aromatic heterocycles. The maximum absolute atomic E-state index is 12.5. The number of ether oxygens (including phenoxy) is 2. The zero-order chi connectivity index (χ0) is 19.3. The van der Waals surface area contributed by atoms with Crippen LogP contribution in [0.1, 0.15) is 33.9 Å². The third-order valence-electron chi connectivity index (χ3n) is 3.05. The first kappa shape index (κ1) is 19.7. The lowest BCUT2D eigenvalue weighted by molar-refractivity contribution is -0.114. The third kappa shape index (κ3) is 4.70. The summed E-state index contributed by atoms with van der Waals surface area (Å²) in [6, 6.07) is 2.82. The topological polar surface area (TPSA) is 107 Å². The Hall–Kier alpha value is -2.65. The predicted octanol–water partition coefficient (Wildman–Crippen LogP) is 3.19. The Balaban J connectivity index is 2.22. The molecule has 1 aromatic carbocycles. The highest BCUT2D eigenvalue weighted by molar-refractivity contribution is 7.17. The summed E-state index contributed by atoms with van der Waals surface area (Å²) in [5, 5.41) is 5.52. The van der Waals surface area contributed by atoms with Gasteiger partial charge in [0.2, 0.25) is 5.91 Å². The van der Waals surface area contributed by atoms with Crippen molar-refractivity contribution in [3.05, 3.63) is 33.8 Å². The molecule has 0 bridgehead atoms. The van der Waals surface area contributed by atoms with Crippen molar-refractivity contribution in [1.82, 2.24) is 4.98 Å². The van der Waals surface area contributed by atoms with E-state index in [2.05, 4.69) is 15.6 Å². The smallest absolute Gasteiger partial charge is 0.350 e. The molecule has 0 aliphatic heterocycles. The summed E-state index contributed by atoms with van der Waals surface area (Å²) in [4.78, 5) is 39.6. The number of nitrogens with zero attached hydrogens (tertiary/aromatic N) is 1. The van der Waals surface area contributed by atoms with Crippen LogP contribution in [0.3, 0.4) is 0 Å². The number of benzene rings is 1. The molecule has 2 amide bonds. The lowest BCUT2D eigenvalue weighted by Gasteiger charge is -2.12. The zero-order valence-electron chi connectivity index (χ0n) is 14.2. The van der Waals surface area contributed by atoms with E-state index in [4.69, 9.17) is 21.1 Å². The van der Waals surface area contributed by atoms with Crippen molar-refractivity contribution in [2.45, 2.75) is 13.8 Å². The van der Waals surface area contributed by atoms with Gasteiger partial charge in [0.25, 0.3) is 5.91 Å². The largest absolute Gasteiger partial charge is 0.496 e. The van der Waals surface area contributed by atoms with Crippen molar-refractivity contribution in [2.24, 2.45) is 0 Å². The second kappa shape index (κ2) is 8.63. The number of methoxy groups -OCH3 is 1. The minimum Gasteiger partial charge on any atom is -0.496 e. The molecule has 0 fully saturated rings. The van der Waals surface area contributed by atoms with E-state index < -0.39 is 11.9 Å². The number of halogens is 1. The highest BCUT2D eigenvalue weighted by Gasteiger charge is 2.19. The zero-order valence-corrected chi connectivity index (χ0v) is 15.8. The van der Waals surface area contributed by atoms with Gasteiger partial charge in [0.05, 0.1) is 36.2 Å². The number of amides is 2. The molecule has 0 aliphatic rings. The Morgan fingerprint density at radius 2 is 2.00 bits per heavy atom. The average molecular weight is 398 g/mol. The van der Waals surface area contributed by atoms with E-state index >= 15 is 0 Å². The van der Waals surface area contributed by atoms with Gasteiger partial charge in [0.15, 0.2) is 5.13 Å². The molecule has 10 heteroatoms. The number of carbonyl (C=O) groups excluding carboxylic acids is 3. The van der Waals surface area contributed by atoms with Crippen LogP contribution in [-0.2, 0) is 9.53 Å². The molecule has 2 aromatic rings. The van der Waals surface area contributed by atoms with Crippen molar-refractivity contribution >= 4 is 51.5 Å². The number of hydrogen-bond acceptors (Lipinski definition) is 7. The molecule has 1 heterocycles. The number of esters is 1. The van der Waals surface area contributed by atoms with Crippen LogP contribution in [0.15, 0.2) is 18.3 Å². The number of hydrogen-bond donors (Lipinski definition) is 2. The molecule has 0 atom stereocenters. The molecule has 26 heavy (non-hydrogen) atoms. The maximum atomic E-state index is 12.5. The fraction of sp³-hybridized carbons (Fsp3) is 0.250. The first-order chi connectivity index (χ1) is 12.3. The van der Waals surface area contributed by atoms with Gasteiger partial charge in [0, 0.05) is 13.0 Å². The number of thiazole rings is 1. The summed E-state index contributed by atoms with van der Waals surface area (Å²) in [5.41, 5.74) is 0.478. The number of aromatic nitrogens is 1. The van der Waals surface area contributed by atoms with Gasteiger partial charge >= 0.3 is 5.97 Å². The van der Waals surface area contributed by atoms with E-state index in [-0.39, 0.29) is 38.9 Å². The van der Waals surface area contributed by atoms with Crippen LogP contribution >= 0.6 is 22.9 Å². The Morgan fingerprint density at radius 3 is 2.62 bits per heavy atom. The minimum atomic E-state index is -0.525. The fourth-order valence-corrected chi connectivity index (χ4v) is 2.89. The van der Waals surface area contributed by atoms with E-state index in [0.29, 0.717) is 5.69 Å². The van der Waals surface area contributed by atoms with Crippen LogP contribution in [0.25, 0.3) is 0 Å². The molecule has 0 radical (unpaired) electrons. The maximum Gasteiger partial charge on any atom is 0.350 e. The molecule has 2 rings (SSSR count). The van der Waals surface area contributed by atoms with Crippen LogP contribution < -0.4 is 15.4 Å². The Labute approximate surface area is 158 Å². The number of rotatable bonds is 6. The fourth-order valence-electron chi connectivity index (χ4n) is 1.98. The Morgan fingerprint density at radius 1 is 1.27 bits per heavy atom. The summed E-state index contributed by atoms with van der Waals surface area (Å²) in [7, 11) is 1.39. The molecular weight excluding hydrogens is 382 g/mol. The molecule has 2 N–H and O–H groups in total. The summed E-state index contributed by atoms with van der Waals surface area (Å²) >= 11 is 7.09. The van der Waals surface area contributed by atoms with E-state index in [0.717, 1.165) is 11.3 Å². The lowest BCUT2D eigenvalue weighted by Crippen LogP contribution is -2.14. The SMILES string of the molecule is CCOC(=O)c1cnc(NC(=O)c2cc(Cl)c(NC(C)=O)cc2OC)s1. The average Bonchev–Trinajstić information content (AvgIpc) is 3.04. The van der Waals surface area contributed by atoms with E-state index in [1.807, 2.05) is 0 Å². The van der Waals surface area contributed by atoms with E-state index in [1.165, 1.54) is 32.4 Å². The highest BCUT2D eigenvalue weighted by Crippen LogP contribution is 2.32. The highest BCUT2D eigenvalue weighted by atomic mass is 35.5. The molecule has 0 unspecified atom stereocenters. The second-order valence-corrected chi connectivity index (χ2v) is 6.36. The Bertz CT molecular complexity index is 852. The Kier molecular flexibility index (Phi) is 6.53. The van der Waals surface area contributed by atoms with Gasteiger partial charge in [-0.25, -0.2) is 9.78 Å². The van der Waals surface area contributed by atoms with Gasteiger partial charge in [-0.1, -0.05) is 22.9 Å². The van der Waals surface area contributed by atoms with Crippen LogP contribution in [0.5, 0.6) is 5.75 Å². The summed E-state index contributed by atoms with van der Waals surface area (Å²) in [6.07, 6.45) is 1.32.